The van der Waals surface area contributed by atoms with Gasteiger partial charge in [-0.2, -0.15) is 10.2 Å². The molecular weight excluding hydrogens is 468 g/mol. The number of terminal acetylenes is 1. The molecule has 2 aliphatic rings. The molecule has 3 rings (SSSR count). The molecule has 1 saturated heterocycles. The fourth-order valence-electron chi connectivity index (χ4n) is 3.70. The first-order valence-corrected chi connectivity index (χ1v) is 14.5. The third-order valence-corrected chi connectivity index (χ3v) is 8.04. The number of rotatable bonds is 12. The zero-order valence-corrected chi connectivity index (χ0v) is 21.5. The second-order valence-corrected chi connectivity index (χ2v) is 12.6. The van der Waals surface area contributed by atoms with Crippen LogP contribution in [0.1, 0.15) is 31.2 Å². The molecule has 0 radical (unpaired) electrons. The molecule has 1 fully saturated rings. The van der Waals surface area contributed by atoms with Crippen LogP contribution in [0.2, 0.25) is 0 Å². The average molecular weight is 505 g/mol. The number of nitrogens with zero attached hydrogens (tertiary/aromatic N) is 4. The standard InChI is InChI=1S/C25H36N4O5S/c1-4-5-12-25(26-27-25)13-19-34-35(2,3)20-9-18-32-23(30)28-14-16-29(17-15-28)24(31)33-21-22-10-7-6-8-11-22/h1,6-8,10-11H,5,9,12-21H2,2-3H3. The highest BCUT2D eigenvalue weighted by Crippen LogP contribution is 2.44. The smallest absolute Gasteiger partial charge is 0.410 e. The molecule has 0 unspecified atom stereocenters. The van der Waals surface area contributed by atoms with Gasteiger partial charge in [-0.25, -0.2) is 9.59 Å². The summed E-state index contributed by atoms with van der Waals surface area (Å²) >= 11 is 0. The van der Waals surface area contributed by atoms with Gasteiger partial charge in [0.1, 0.15) is 6.61 Å². The molecule has 2 heterocycles. The Morgan fingerprint density at radius 3 is 2.23 bits per heavy atom. The molecule has 0 aromatic heterocycles. The fourth-order valence-corrected chi connectivity index (χ4v) is 5.16. The van der Waals surface area contributed by atoms with Crippen LogP contribution in [-0.2, 0) is 20.3 Å². The molecule has 9 nitrogen and oxygen atoms in total. The molecule has 35 heavy (non-hydrogen) atoms. The lowest BCUT2D eigenvalue weighted by Crippen LogP contribution is -2.50. The third-order valence-electron chi connectivity index (χ3n) is 5.96. The van der Waals surface area contributed by atoms with Crippen LogP contribution in [0.4, 0.5) is 9.59 Å². The Bertz CT molecular complexity index is 904. The van der Waals surface area contributed by atoms with E-state index in [2.05, 4.69) is 28.7 Å². The Balaban J connectivity index is 1.25. The maximum absolute atomic E-state index is 12.4. The quantitative estimate of drug-likeness (QED) is 0.310. The summed E-state index contributed by atoms with van der Waals surface area (Å²) in [6.07, 6.45) is 11.8. The van der Waals surface area contributed by atoms with Gasteiger partial charge in [0, 0.05) is 51.2 Å². The van der Waals surface area contributed by atoms with Crippen molar-refractivity contribution < 1.29 is 23.2 Å². The number of ether oxygens (including phenoxy) is 2. The summed E-state index contributed by atoms with van der Waals surface area (Å²) in [4.78, 5) is 27.9. The number of piperazine rings is 1. The molecule has 0 atom stereocenters. The molecule has 10 heteroatoms. The number of carbonyl (C=O) groups excluding carboxylic acids is 2. The second kappa shape index (κ2) is 12.8. The second-order valence-electron chi connectivity index (χ2n) is 9.08. The minimum Gasteiger partial charge on any atom is -0.449 e. The van der Waals surface area contributed by atoms with Crippen molar-refractivity contribution in [3.05, 3.63) is 35.9 Å². The maximum atomic E-state index is 12.4. The highest BCUT2D eigenvalue weighted by atomic mass is 32.3. The minimum atomic E-state index is -1.25. The zero-order valence-electron chi connectivity index (χ0n) is 20.7. The van der Waals surface area contributed by atoms with Crippen molar-refractivity contribution in [1.29, 1.82) is 0 Å². The van der Waals surface area contributed by atoms with Crippen LogP contribution in [0.3, 0.4) is 0 Å². The monoisotopic (exact) mass is 504 g/mol. The van der Waals surface area contributed by atoms with Gasteiger partial charge in [-0.1, -0.05) is 30.3 Å². The molecule has 1 aromatic rings. The summed E-state index contributed by atoms with van der Waals surface area (Å²) in [5.41, 5.74) is 0.622. The van der Waals surface area contributed by atoms with Crippen LogP contribution >= 0.6 is 10.3 Å². The number of carbonyl (C=O) groups is 2. The fraction of sp³-hybridized carbons (Fsp3) is 0.600. The molecule has 0 N–H and O–H groups in total. The van der Waals surface area contributed by atoms with Gasteiger partial charge in [0.05, 0.1) is 13.2 Å². The van der Waals surface area contributed by atoms with E-state index in [4.69, 9.17) is 20.1 Å². The number of hydrogen-bond donors (Lipinski definition) is 0. The predicted octanol–water partition coefficient (Wildman–Crippen LogP) is 4.43. The van der Waals surface area contributed by atoms with Crippen LogP contribution in [0.5, 0.6) is 0 Å². The van der Waals surface area contributed by atoms with E-state index in [1.165, 1.54) is 0 Å². The van der Waals surface area contributed by atoms with Gasteiger partial charge in [-0.3, -0.25) is 0 Å². The van der Waals surface area contributed by atoms with E-state index in [9.17, 15) is 9.59 Å². The first kappa shape index (κ1) is 26.8. The van der Waals surface area contributed by atoms with E-state index in [0.717, 1.165) is 30.6 Å². The molecule has 0 bridgehead atoms. The topological polar surface area (TPSA) is 93.0 Å². The summed E-state index contributed by atoms with van der Waals surface area (Å²) in [7, 11) is -1.25. The van der Waals surface area contributed by atoms with E-state index in [0.29, 0.717) is 45.8 Å². The highest BCUT2D eigenvalue weighted by Gasteiger charge is 2.39. The normalized spacial score (nSPS) is 16.9. The van der Waals surface area contributed by atoms with Gasteiger partial charge in [0.15, 0.2) is 5.66 Å². The predicted molar refractivity (Wildman–Crippen MR) is 136 cm³/mol. The Morgan fingerprint density at radius 1 is 1.00 bits per heavy atom. The molecule has 2 aliphatic heterocycles. The van der Waals surface area contributed by atoms with Crippen LogP contribution < -0.4 is 0 Å². The van der Waals surface area contributed by atoms with Gasteiger partial charge < -0.3 is 23.5 Å². The molecular formula is C25H36N4O5S. The van der Waals surface area contributed by atoms with Crippen LogP contribution in [0.15, 0.2) is 40.6 Å². The number of benzene rings is 1. The SMILES string of the molecule is C#CCCC1(CCOS(C)(C)CCCOC(=O)N2CCN(C(=O)OCc3ccccc3)CC2)N=N1. The van der Waals surface area contributed by atoms with Crippen LogP contribution in [0.25, 0.3) is 0 Å². The van der Waals surface area contributed by atoms with E-state index in [1.807, 2.05) is 30.3 Å². The van der Waals surface area contributed by atoms with Gasteiger partial charge in [-0.05, 0) is 24.5 Å². The van der Waals surface area contributed by atoms with Gasteiger partial charge in [0.2, 0.25) is 0 Å². The highest BCUT2D eigenvalue weighted by molar-refractivity contribution is 8.28. The Kier molecular flexibility index (Phi) is 9.81. The van der Waals surface area contributed by atoms with Gasteiger partial charge >= 0.3 is 12.2 Å². The van der Waals surface area contributed by atoms with E-state index < -0.39 is 10.3 Å². The lowest BCUT2D eigenvalue weighted by molar-refractivity contribution is 0.0581. The lowest BCUT2D eigenvalue weighted by atomic mass is 10.1. The number of amides is 2. The first-order chi connectivity index (χ1) is 16.8. The van der Waals surface area contributed by atoms with Crippen molar-refractivity contribution in [2.75, 3.05) is 57.7 Å². The van der Waals surface area contributed by atoms with Crippen molar-refractivity contribution in [3.8, 4) is 12.3 Å². The summed E-state index contributed by atoms with van der Waals surface area (Å²) in [6, 6.07) is 9.55. The zero-order chi connectivity index (χ0) is 25.2. The minimum absolute atomic E-state index is 0.237. The summed E-state index contributed by atoms with van der Waals surface area (Å²) < 4.78 is 16.9. The molecule has 192 valence electrons. The summed E-state index contributed by atoms with van der Waals surface area (Å²) in [5, 5.41) is 8.27. The third kappa shape index (κ3) is 9.07. The van der Waals surface area contributed by atoms with Gasteiger partial charge in [0.25, 0.3) is 0 Å². The Morgan fingerprint density at radius 2 is 1.63 bits per heavy atom. The summed E-state index contributed by atoms with van der Waals surface area (Å²) in [6.45, 7) is 2.88. The van der Waals surface area contributed by atoms with Crippen molar-refractivity contribution in [3.63, 3.8) is 0 Å². The molecule has 0 saturated carbocycles. The Hall–Kier alpha value is -2.77. The van der Waals surface area contributed by atoms with Crippen molar-refractivity contribution in [2.45, 2.75) is 38.0 Å². The van der Waals surface area contributed by atoms with Crippen LogP contribution in [0, 0.1) is 12.3 Å². The van der Waals surface area contributed by atoms with E-state index >= 15 is 0 Å². The maximum Gasteiger partial charge on any atom is 0.410 e. The number of hydrogen-bond acceptors (Lipinski definition) is 7. The van der Waals surface area contributed by atoms with Crippen LogP contribution in [-0.4, -0.2) is 85.3 Å². The molecule has 2 amide bonds. The molecule has 0 spiro atoms. The molecule has 0 aliphatic carbocycles. The summed E-state index contributed by atoms with van der Waals surface area (Å²) in [5.74, 6) is 3.47. The van der Waals surface area contributed by atoms with Crippen molar-refractivity contribution >= 4 is 22.5 Å². The first-order valence-electron chi connectivity index (χ1n) is 11.9. The van der Waals surface area contributed by atoms with E-state index in [1.54, 1.807) is 9.80 Å². The largest absolute Gasteiger partial charge is 0.449 e. The average Bonchev–Trinajstić information content (AvgIpc) is 3.64. The van der Waals surface area contributed by atoms with E-state index in [-0.39, 0.29) is 24.5 Å². The molecule has 1 aromatic carbocycles. The van der Waals surface area contributed by atoms with Crippen molar-refractivity contribution in [2.24, 2.45) is 10.2 Å². The Labute approximate surface area is 209 Å². The van der Waals surface area contributed by atoms with Gasteiger partial charge in [-0.15, -0.1) is 22.7 Å². The lowest BCUT2D eigenvalue weighted by Gasteiger charge is -2.34. The van der Waals surface area contributed by atoms with Crippen molar-refractivity contribution in [1.82, 2.24) is 9.80 Å².